The zero-order chi connectivity index (χ0) is 12.7. The minimum atomic E-state index is -0.990. The zero-order valence-electron chi connectivity index (χ0n) is 9.56. The number of carbonyl (C=O) groups excluding carboxylic acids is 1. The Morgan fingerprint density at radius 3 is 2.65 bits per heavy atom. The van der Waals surface area contributed by atoms with Gasteiger partial charge in [-0.15, -0.1) is 0 Å². The van der Waals surface area contributed by atoms with Crippen molar-refractivity contribution >= 4 is 23.4 Å². The zero-order valence-corrected chi connectivity index (χ0v) is 9.56. The van der Waals surface area contributed by atoms with Crippen LogP contribution in [0.25, 0.3) is 0 Å². The number of aromatic nitrogens is 1. The summed E-state index contributed by atoms with van der Waals surface area (Å²) < 4.78 is 0. The van der Waals surface area contributed by atoms with Crippen molar-refractivity contribution in [3.8, 4) is 0 Å². The van der Waals surface area contributed by atoms with Crippen molar-refractivity contribution in [3.63, 3.8) is 0 Å². The minimum absolute atomic E-state index is 0.0496. The van der Waals surface area contributed by atoms with Gasteiger partial charge in [0.1, 0.15) is 5.82 Å². The molecule has 6 heteroatoms. The molecule has 17 heavy (non-hydrogen) atoms. The van der Waals surface area contributed by atoms with E-state index in [-0.39, 0.29) is 18.7 Å². The quantitative estimate of drug-likeness (QED) is 0.694. The maximum atomic E-state index is 11.3. The average molecular weight is 237 g/mol. The van der Waals surface area contributed by atoms with Gasteiger partial charge in [-0.2, -0.15) is 0 Å². The number of pyridine rings is 1. The highest BCUT2D eigenvalue weighted by molar-refractivity contribution is 5.91. The van der Waals surface area contributed by atoms with Crippen molar-refractivity contribution < 1.29 is 14.7 Å². The fourth-order valence-electron chi connectivity index (χ4n) is 1.20. The molecule has 0 unspecified atom stereocenters. The summed E-state index contributed by atoms with van der Waals surface area (Å²) in [5.74, 6) is -0.922. The normalized spacial score (nSPS) is 9.71. The van der Waals surface area contributed by atoms with Gasteiger partial charge in [0.25, 0.3) is 0 Å². The third kappa shape index (κ3) is 4.96. The van der Waals surface area contributed by atoms with Crippen LogP contribution in [-0.4, -0.2) is 28.5 Å². The fraction of sp³-hybridized carbons (Fsp3) is 0.364. The summed E-state index contributed by atoms with van der Waals surface area (Å²) in [7, 11) is 0. The van der Waals surface area contributed by atoms with Crippen molar-refractivity contribution in [1.29, 1.82) is 0 Å². The number of aliphatic carboxylic acids is 1. The second kappa shape index (κ2) is 6.47. The first-order valence-electron chi connectivity index (χ1n) is 5.33. The maximum absolute atomic E-state index is 11.3. The van der Waals surface area contributed by atoms with Crippen LogP contribution in [0.1, 0.15) is 19.8 Å². The van der Waals surface area contributed by atoms with Crippen LogP contribution in [0.2, 0.25) is 0 Å². The molecule has 0 spiro atoms. The van der Waals surface area contributed by atoms with Crippen molar-refractivity contribution in [1.82, 2.24) is 4.98 Å². The van der Waals surface area contributed by atoms with E-state index in [1.807, 2.05) is 6.92 Å². The first-order chi connectivity index (χ1) is 8.11. The Morgan fingerprint density at radius 2 is 2.12 bits per heavy atom. The number of nitrogens with zero attached hydrogens (tertiary/aromatic N) is 1. The lowest BCUT2D eigenvalue weighted by atomic mass is 10.3. The van der Waals surface area contributed by atoms with Crippen LogP contribution in [0.3, 0.4) is 0 Å². The van der Waals surface area contributed by atoms with Crippen molar-refractivity contribution in [2.24, 2.45) is 0 Å². The number of hydrogen-bond donors (Lipinski definition) is 3. The van der Waals surface area contributed by atoms with E-state index in [2.05, 4.69) is 15.6 Å². The average Bonchev–Trinajstić information content (AvgIpc) is 2.29. The summed E-state index contributed by atoms with van der Waals surface area (Å²) in [5, 5.41) is 14.0. The van der Waals surface area contributed by atoms with Crippen molar-refractivity contribution in [3.05, 3.63) is 18.3 Å². The molecule has 0 aliphatic rings. The van der Waals surface area contributed by atoms with Gasteiger partial charge in [0, 0.05) is 13.0 Å². The van der Waals surface area contributed by atoms with E-state index in [0.717, 1.165) is 12.2 Å². The van der Waals surface area contributed by atoms with E-state index < -0.39 is 5.97 Å². The highest BCUT2D eigenvalue weighted by Crippen LogP contribution is 2.09. The molecule has 1 amide bonds. The van der Waals surface area contributed by atoms with Gasteiger partial charge in [-0.1, -0.05) is 0 Å². The first-order valence-corrected chi connectivity index (χ1v) is 5.33. The lowest BCUT2D eigenvalue weighted by Gasteiger charge is -2.05. The lowest BCUT2D eigenvalue weighted by Crippen LogP contribution is -2.14. The van der Waals surface area contributed by atoms with E-state index in [1.54, 1.807) is 18.3 Å². The first kappa shape index (κ1) is 13.0. The standard InChI is InChI=1S/C11H15N3O3/c1-2-12-8-3-4-9(13-7-8)14-10(15)5-6-11(16)17/h3-4,7,12H,2,5-6H2,1H3,(H,16,17)(H,13,14,15). The number of carbonyl (C=O) groups is 2. The molecule has 0 aliphatic carbocycles. The van der Waals surface area contributed by atoms with Gasteiger partial charge < -0.3 is 15.7 Å². The molecule has 0 saturated carbocycles. The smallest absolute Gasteiger partial charge is 0.303 e. The summed E-state index contributed by atoms with van der Waals surface area (Å²) in [6, 6.07) is 3.46. The number of anilines is 2. The van der Waals surface area contributed by atoms with E-state index in [9.17, 15) is 9.59 Å². The molecule has 0 atom stereocenters. The molecule has 0 aromatic carbocycles. The van der Waals surface area contributed by atoms with Crippen LogP contribution < -0.4 is 10.6 Å². The molecule has 0 aliphatic heterocycles. The molecule has 0 fully saturated rings. The second-order valence-corrected chi connectivity index (χ2v) is 3.40. The second-order valence-electron chi connectivity index (χ2n) is 3.40. The highest BCUT2D eigenvalue weighted by Gasteiger charge is 2.06. The molecule has 1 heterocycles. The molecule has 92 valence electrons. The lowest BCUT2D eigenvalue weighted by molar-refractivity contribution is -0.138. The van der Waals surface area contributed by atoms with Gasteiger partial charge in [0.15, 0.2) is 0 Å². The molecule has 0 saturated heterocycles. The SMILES string of the molecule is CCNc1ccc(NC(=O)CCC(=O)O)nc1. The summed E-state index contributed by atoms with van der Waals surface area (Å²) in [6.07, 6.45) is 1.38. The van der Waals surface area contributed by atoms with E-state index >= 15 is 0 Å². The van der Waals surface area contributed by atoms with Gasteiger partial charge >= 0.3 is 5.97 Å². The van der Waals surface area contributed by atoms with Crippen LogP contribution >= 0.6 is 0 Å². The number of carboxylic acid groups (broad SMARTS) is 1. The number of hydrogen-bond acceptors (Lipinski definition) is 4. The van der Waals surface area contributed by atoms with Crippen LogP contribution in [0.4, 0.5) is 11.5 Å². The third-order valence-electron chi connectivity index (χ3n) is 1.98. The summed E-state index contributed by atoms with van der Waals surface area (Å²) >= 11 is 0. The number of rotatable bonds is 6. The monoisotopic (exact) mass is 237 g/mol. The Labute approximate surface area is 99.1 Å². The van der Waals surface area contributed by atoms with Gasteiger partial charge in [-0.3, -0.25) is 9.59 Å². The predicted octanol–water partition coefficient (Wildman–Crippen LogP) is 1.32. The molecule has 1 rings (SSSR count). The Morgan fingerprint density at radius 1 is 1.35 bits per heavy atom. The van der Waals surface area contributed by atoms with Crippen LogP contribution in [0.5, 0.6) is 0 Å². The number of carboxylic acids is 1. The van der Waals surface area contributed by atoms with E-state index in [4.69, 9.17) is 5.11 Å². The molecular weight excluding hydrogens is 222 g/mol. The summed E-state index contributed by atoms with van der Waals surface area (Å²) in [6.45, 7) is 2.77. The van der Waals surface area contributed by atoms with E-state index in [1.165, 1.54) is 0 Å². The van der Waals surface area contributed by atoms with Gasteiger partial charge in [0.05, 0.1) is 18.3 Å². The molecule has 0 radical (unpaired) electrons. The highest BCUT2D eigenvalue weighted by atomic mass is 16.4. The van der Waals surface area contributed by atoms with Crippen molar-refractivity contribution in [2.45, 2.75) is 19.8 Å². The Balaban J connectivity index is 2.45. The van der Waals surface area contributed by atoms with Crippen LogP contribution in [0, 0.1) is 0 Å². The van der Waals surface area contributed by atoms with Gasteiger partial charge in [-0.25, -0.2) is 4.98 Å². The molecule has 3 N–H and O–H groups in total. The van der Waals surface area contributed by atoms with Crippen LogP contribution in [-0.2, 0) is 9.59 Å². The Hall–Kier alpha value is -2.11. The largest absolute Gasteiger partial charge is 0.481 e. The fourth-order valence-corrected chi connectivity index (χ4v) is 1.20. The number of nitrogens with one attached hydrogen (secondary N) is 2. The molecule has 1 aromatic heterocycles. The molecule has 0 bridgehead atoms. The summed E-state index contributed by atoms with van der Waals surface area (Å²) in [5.41, 5.74) is 0.871. The molecule has 6 nitrogen and oxygen atoms in total. The van der Waals surface area contributed by atoms with Gasteiger partial charge in [0.2, 0.25) is 5.91 Å². The molecule has 1 aromatic rings. The minimum Gasteiger partial charge on any atom is -0.481 e. The Kier molecular flexibility index (Phi) is 4.93. The summed E-state index contributed by atoms with van der Waals surface area (Å²) in [4.78, 5) is 25.6. The topological polar surface area (TPSA) is 91.3 Å². The predicted molar refractivity (Wildman–Crippen MR) is 63.9 cm³/mol. The molecular formula is C11H15N3O3. The Bertz CT molecular complexity index is 389. The van der Waals surface area contributed by atoms with Gasteiger partial charge in [-0.05, 0) is 19.1 Å². The van der Waals surface area contributed by atoms with Crippen LogP contribution in [0.15, 0.2) is 18.3 Å². The maximum Gasteiger partial charge on any atom is 0.303 e. The van der Waals surface area contributed by atoms with Crippen molar-refractivity contribution in [2.75, 3.05) is 17.2 Å². The number of amides is 1. The van der Waals surface area contributed by atoms with E-state index in [0.29, 0.717) is 5.82 Å². The third-order valence-corrected chi connectivity index (χ3v) is 1.98.